The molecule has 0 radical (unpaired) electrons. The number of rotatable bonds is 4. The third kappa shape index (κ3) is 3.69. The number of benzene rings is 1. The highest BCUT2D eigenvalue weighted by molar-refractivity contribution is 6.30. The topological polar surface area (TPSA) is 91.6 Å². The molecule has 148 valence electrons. The summed E-state index contributed by atoms with van der Waals surface area (Å²) in [5, 5.41) is 7.43. The number of aryl methyl sites for hydroxylation is 1. The number of carbonyl (C=O) groups excluding carboxylic acids is 2. The van der Waals surface area contributed by atoms with Crippen LogP contribution in [0.1, 0.15) is 17.9 Å². The normalized spacial score (nSPS) is 19.0. The Morgan fingerprint density at radius 1 is 1.32 bits per heavy atom. The maximum atomic E-state index is 13.5. The Hall–Kier alpha value is -2.61. The average Bonchev–Trinajstić information content (AvgIpc) is 2.95. The Labute approximate surface area is 167 Å². The lowest BCUT2D eigenvalue weighted by Gasteiger charge is -2.50. The smallest absolute Gasteiger partial charge is 0.266 e. The monoisotopic (exact) mass is 403 g/mol. The quantitative estimate of drug-likeness (QED) is 0.830. The van der Waals surface area contributed by atoms with Gasteiger partial charge in [0, 0.05) is 38.1 Å². The number of nitrogens with one attached hydrogen (secondary N) is 1. The number of hydrogen-bond donors (Lipinski definition) is 1. The van der Waals surface area contributed by atoms with E-state index in [2.05, 4.69) is 15.5 Å². The standard InChI is InChI=1S/C19H22ClN5O3/c1-13-22-18(23-28-13)25-11-19(12-25,9-14-3-5-15(20)6-4-14)17(27)24-8-2-7-21-16(26)10-24/h3-6H,2,7-12H2,1H3,(H,21,26). The Balaban J connectivity index is 1.57. The zero-order valence-corrected chi connectivity index (χ0v) is 16.4. The van der Waals surface area contributed by atoms with E-state index >= 15 is 0 Å². The van der Waals surface area contributed by atoms with Gasteiger partial charge in [0.2, 0.25) is 17.7 Å². The molecule has 3 heterocycles. The van der Waals surface area contributed by atoms with Gasteiger partial charge in [-0.3, -0.25) is 9.59 Å². The first kappa shape index (κ1) is 18.7. The van der Waals surface area contributed by atoms with Crippen LogP contribution in [0.5, 0.6) is 0 Å². The predicted molar refractivity (Wildman–Crippen MR) is 103 cm³/mol. The Bertz CT molecular complexity index is 876. The third-order valence-electron chi connectivity index (χ3n) is 5.24. The van der Waals surface area contributed by atoms with E-state index in [0.717, 1.165) is 12.0 Å². The Morgan fingerprint density at radius 3 is 2.75 bits per heavy atom. The van der Waals surface area contributed by atoms with Crippen molar-refractivity contribution in [3.8, 4) is 0 Å². The average molecular weight is 404 g/mol. The highest BCUT2D eigenvalue weighted by Gasteiger charge is 2.52. The number of hydrogen-bond acceptors (Lipinski definition) is 6. The highest BCUT2D eigenvalue weighted by atomic mass is 35.5. The van der Waals surface area contributed by atoms with Gasteiger partial charge < -0.3 is 19.6 Å². The largest absolute Gasteiger partial charge is 0.354 e. The predicted octanol–water partition coefficient (Wildman–Crippen LogP) is 1.43. The van der Waals surface area contributed by atoms with Gasteiger partial charge in [0.1, 0.15) is 0 Å². The fraction of sp³-hybridized carbons (Fsp3) is 0.474. The van der Waals surface area contributed by atoms with Crippen molar-refractivity contribution in [2.24, 2.45) is 5.41 Å². The highest BCUT2D eigenvalue weighted by Crippen LogP contribution is 2.38. The second-order valence-electron chi connectivity index (χ2n) is 7.48. The van der Waals surface area contributed by atoms with E-state index < -0.39 is 5.41 Å². The van der Waals surface area contributed by atoms with Crippen LogP contribution in [-0.2, 0) is 16.0 Å². The second-order valence-corrected chi connectivity index (χ2v) is 7.92. The number of halogens is 1. The van der Waals surface area contributed by atoms with Crippen LogP contribution in [-0.4, -0.2) is 59.6 Å². The van der Waals surface area contributed by atoms with E-state index in [1.165, 1.54) is 0 Å². The van der Waals surface area contributed by atoms with Crippen molar-refractivity contribution in [1.82, 2.24) is 20.4 Å². The molecule has 0 saturated carbocycles. The van der Waals surface area contributed by atoms with Gasteiger partial charge in [-0.1, -0.05) is 23.7 Å². The first-order valence-corrected chi connectivity index (χ1v) is 9.69. The summed E-state index contributed by atoms with van der Waals surface area (Å²) in [5.41, 5.74) is 0.397. The first-order valence-electron chi connectivity index (χ1n) is 9.31. The molecule has 0 bridgehead atoms. The molecular weight excluding hydrogens is 382 g/mol. The van der Waals surface area contributed by atoms with Crippen molar-refractivity contribution in [3.05, 3.63) is 40.7 Å². The summed E-state index contributed by atoms with van der Waals surface area (Å²) >= 11 is 6.00. The van der Waals surface area contributed by atoms with Crippen LogP contribution in [0.4, 0.5) is 5.95 Å². The number of carbonyl (C=O) groups is 2. The molecule has 2 aliphatic heterocycles. The molecule has 9 heteroatoms. The SMILES string of the molecule is Cc1nc(N2CC(Cc3ccc(Cl)cc3)(C(=O)N3CCCNC(=O)C3)C2)no1. The fourth-order valence-corrected chi connectivity index (χ4v) is 4.00. The van der Waals surface area contributed by atoms with Crippen LogP contribution in [0, 0.1) is 12.3 Å². The van der Waals surface area contributed by atoms with Crippen LogP contribution < -0.4 is 10.2 Å². The van der Waals surface area contributed by atoms with E-state index in [1.54, 1.807) is 11.8 Å². The summed E-state index contributed by atoms with van der Waals surface area (Å²) in [5.74, 6) is 0.861. The van der Waals surface area contributed by atoms with Crippen LogP contribution >= 0.6 is 11.6 Å². The number of amides is 2. The van der Waals surface area contributed by atoms with Crippen molar-refractivity contribution < 1.29 is 14.1 Å². The van der Waals surface area contributed by atoms with E-state index in [9.17, 15) is 9.59 Å². The molecule has 0 atom stereocenters. The van der Waals surface area contributed by atoms with Crippen molar-refractivity contribution in [1.29, 1.82) is 0 Å². The molecule has 2 amide bonds. The summed E-state index contributed by atoms with van der Waals surface area (Å²) in [6.07, 6.45) is 1.32. The van der Waals surface area contributed by atoms with Gasteiger partial charge in [0.25, 0.3) is 5.95 Å². The molecule has 2 saturated heterocycles. The lowest BCUT2D eigenvalue weighted by Crippen LogP contribution is -2.65. The maximum Gasteiger partial charge on any atom is 0.266 e. The molecule has 2 aromatic rings. The van der Waals surface area contributed by atoms with Crippen molar-refractivity contribution >= 4 is 29.4 Å². The van der Waals surface area contributed by atoms with Crippen LogP contribution in [0.3, 0.4) is 0 Å². The summed E-state index contributed by atoms with van der Waals surface area (Å²) in [6.45, 7) is 3.96. The van der Waals surface area contributed by atoms with Crippen LogP contribution in [0.15, 0.2) is 28.8 Å². The maximum absolute atomic E-state index is 13.5. The van der Waals surface area contributed by atoms with Crippen molar-refractivity contribution in [3.63, 3.8) is 0 Å². The Kier molecular flexibility index (Phi) is 4.97. The minimum absolute atomic E-state index is 0.00373. The molecule has 8 nitrogen and oxygen atoms in total. The minimum atomic E-state index is -0.632. The van der Waals surface area contributed by atoms with Crippen LogP contribution in [0.25, 0.3) is 0 Å². The molecule has 2 fully saturated rings. The van der Waals surface area contributed by atoms with E-state index in [0.29, 0.717) is 49.5 Å². The van der Waals surface area contributed by atoms with E-state index in [1.807, 2.05) is 29.2 Å². The first-order chi connectivity index (χ1) is 13.4. The van der Waals surface area contributed by atoms with Gasteiger partial charge in [-0.05, 0) is 35.7 Å². The zero-order chi connectivity index (χ0) is 19.7. The number of anilines is 1. The van der Waals surface area contributed by atoms with E-state index in [4.69, 9.17) is 16.1 Å². The van der Waals surface area contributed by atoms with Gasteiger partial charge in [-0.2, -0.15) is 4.98 Å². The summed E-state index contributed by atoms with van der Waals surface area (Å²) in [7, 11) is 0. The molecule has 1 aromatic heterocycles. The molecule has 2 aliphatic rings. The molecule has 1 aromatic carbocycles. The molecule has 28 heavy (non-hydrogen) atoms. The lowest BCUT2D eigenvalue weighted by atomic mass is 9.73. The summed E-state index contributed by atoms with van der Waals surface area (Å²) in [6, 6.07) is 7.53. The minimum Gasteiger partial charge on any atom is -0.354 e. The van der Waals surface area contributed by atoms with Gasteiger partial charge >= 0.3 is 0 Å². The summed E-state index contributed by atoms with van der Waals surface area (Å²) in [4.78, 5) is 33.3. The number of aromatic nitrogens is 2. The van der Waals surface area contributed by atoms with Crippen LogP contribution in [0.2, 0.25) is 5.02 Å². The Morgan fingerprint density at radius 2 is 2.07 bits per heavy atom. The van der Waals surface area contributed by atoms with Gasteiger partial charge in [-0.25, -0.2) is 0 Å². The molecule has 0 aliphatic carbocycles. The molecule has 4 rings (SSSR count). The van der Waals surface area contributed by atoms with Gasteiger partial charge in [0.15, 0.2) is 0 Å². The van der Waals surface area contributed by atoms with Crippen molar-refractivity contribution in [2.45, 2.75) is 19.8 Å². The fourth-order valence-electron chi connectivity index (χ4n) is 3.87. The zero-order valence-electron chi connectivity index (χ0n) is 15.7. The molecule has 1 N–H and O–H groups in total. The lowest BCUT2D eigenvalue weighted by molar-refractivity contribution is -0.146. The molecule has 0 unspecified atom stereocenters. The van der Waals surface area contributed by atoms with E-state index in [-0.39, 0.29) is 18.4 Å². The molecule has 0 spiro atoms. The molecular formula is C19H22ClN5O3. The summed E-state index contributed by atoms with van der Waals surface area (Å²) < 4.78 is 5.06. The number of nitrogens with zero attached hydrogens (tertiary/aromatic N) is 4. The third-order valence-corrected chi connectivity index (χ3v) is 5.50. The van der Waals surface area contributed by atoms with Crippen molar-refractivity contribution in [2.75, 3.05) is 37.6 Å². The van der Waals surface area contributed by atoms with Gasteiger partial charge in [-0.15, -0.1) is 0 Å². The van der Waals surface area contributed by atoms with Gasteiger partial charge in [0.05, 0.1) is 12.0 Å². The second kappa shape index (κ2) is 7.43.